The normalized spacial score (nSPS) is 20.7. The third-order valence-electron chi connectivity index (χ3n) is 13.9. The van der Waals surface area contributed by atoms with E-state index in [9.17, 15) is 29.1 Å². The maximum absolute atomic E-state index is 15.4. The van der Waals surface area contributed by atoms with E-state index in [1.165, 1.54) is 6.07 Å². The van der Waals surface area contributed by atoms with Crippen LogP contribution in [0.1, 0.15) is 130 Å². The Morgan fingerprint density at radius 2 is 1.78 bits per heavy atom. The van der Waals surface area contributed by atoms with Crippen LogP contribution in [0.15, 0.2) is 41.2 Å². The van der Waals surface area contributed by atoms with Crippen molar-refractivity contribution in [3.8, 4) is 11.4 Å². The molecule has 4 N–H and O–H groups in total. The number of halogens is 1. The Bertz CT molecular complexity index is 2560. The minimum atomic E-state index is -1.99. The molecule has 63 heavy (non-hydrogen) atoms. The Kier molecular flexibility index (Phi) is 12.3. The van der Waals surface area contributed by atoms with Crippen molar-refractivity contribution < 1.29 is 42.9 Å². The van der Waals surface area contributed by atoms with Crippen molar-refractivity contribution in [2.75, 3.05) is 11.9 Å². The van der Waals surface area contributed by atoms with Gasteiger partial charge in [0.1, 0.15) is 19.0 Å². The second-order valence-electron chi connectivity index (χ2n) is 18.4. The number of aryl methyl sites for hydroxylation is 1. The number of Topliss-reactive ketones (excluding diaryl/α,β-unsaturated/α-hetero) is 2. The molecule has 4 heterocycles. The standard InChI is InChI=1S/C49H57FN4O9/c1-6-49(60)36-20-39-44-34(22-54(39)46(58)35(36)25-61-47(49)59)41-30(12-15-33-28(5)37(50)21-38(53-44)42(33)41)19-32(55)24-63-48(16-8-7-9-17-48)62-23-29-10-13-31(14-11-29)52-45(57)27(4)18-40(56)43(51)26(2)3/h10-11,13-14,20-21,26-27,30,43,60H,6-9,12,15-19,22-25,51H2,1-5H3,(H,52,57)/t27-,30-,43+,49+/m1/s1. The number of ketones is 2. The van der Waals surface area contributed by atoms with Crippen molar-refractivity contribution in [2.24, 2.45) is 17.6 Å². The lowest BCUT2D eigenvalue weighted by atomic mass is 9.76. The molecule has 13 nitrogen and oxygen atoms in total. The zero-order valence-corrected chi connectivity index (χ0v) is 36.7. The number of aromatic nitrogens is 2. The molecule has 0 unspecified atom stereocenters. The number of nitrogens with two attached hydrogens (primary N) is 1. The van der Waals surface area contributed by atoms with Crippen LogP contribution in [0.4, 0.5) is 10.1 Å². The van der Waals surface area contributed by atoms with Crippen LogP contribution in [-0.4, -0.2) is 56.5 Å². The molecule has 0 radical (unpaired) electrons. The highest BCUT2D eigenvalue weighted by atomic mass is 19.1. The van der Waals surface area contributed by atoms with Gasteiger partial charge in [0.05, 0.1) is 41.7 Å². The zero-order chi connectivity index (χ0) is 45.0. The summed E-state index contributed by atoms with van der Waals surface area (Å²) in [6.07, 6.45) is 5.43. The average molecular weight is 865 g/mol. The summed E-state index contributed by atoms with van der Waals surface area (Å²) < 4.78 is 35.2. The number of esters is 1. The van der Waals surface area contributed by atoms with Gasteiger partial charge in [-0.05, 0) is 91.3 Å². The summed E-state index contributed by atoms with van der Waals surface area (Å²) in [7, 11) is 0. The number of anilines is 1. The summed E-state index contributed by atoms with van der Waals surface area (Å²) in [6.45, 7) is 8.86. The number of ether oxygens (including phenoxy) is 3. The number of carbonyl (C=O) groups excluding carboxylic acids is 4. The number of carbonyl (C=O) groups is 4. The monoisotopic (exact) mass is 864 g/mol. The highest BCUT2D eigenvalue weighted by molar-refractivity contribution is 5.96. The second kappa shape index (κ2) is 17.4. The van der Waals surface area contributed by atoms with Gasteiger partial charge < -0.3 is 34.9 Å². The van der Waals surface area contributed by atoms with Gasteiger partial charge in [0, 0.05) is 59.9 Å². The smallest absolute Gasteiger partial charge is 0.343 e. The fourth-order valence-corrected chi connectivity index (χ4v) is 9.89. The van der Waals surface area contributed by atoms with E-state index in [0.717, 1.165) is 46.9 Å². The summed E-state index contributed by atoms with van der Waals surface area (Å²) in [4.78, 5) is 71.1. The Hall–Kier alpha value is -5.15. The molecule has 0 saturated heterocycles. The minimum absolute atomic E-state index is 0.00427. The molecule has 1 fully saturated rings. The van der Waals surface area contributed by atoms with Crippen molar-refractivity contribution in [1.82, 2.24) is 9.55 Å². The van der Waals surface area contributed by atoms with Crippen LogP contribution in [0.25, 0.3) is 22.3 Å². The number of nitrogens with zero attached hydrogens (tertiary/aromatic N) is 2. The van der Waals surface area contributed by atoms with E-state index in [1.807, 2.05) is 26.0 Å². The van der Waals surface area contributed by atoms with Crippen molar-refractivity contribution >= 4 is 40.0 Å². The summed E-state index contributed by atoms with van der Waals surface area (Å²) in [5.41, 5.74) is 9.81. The Labute approximate surface area is 365 Å². The first-order valence-corrected chi connectivity index (χ1v) is 22.3. The molecule has 4 aliphatic rings. The van der Waals surface area contributed by atoms with Crippen LogP contribution in [0.3, 0.4) is 0 Å². The van der Waals surface area contributed by atoms with Crippen LogP contribution in [-0.2, 0) is 65.2 Å². The largest absolute Gasteiger partial charge is 0.458 e. The van der Waals surface area contributed by atoms with Crippen LogP contribution in [0.2, 0.25) is 0 Å². The maximum atomic E-state index is 15.4. The molecule has 8 rings (SSSR count). The molecular formula is C49H57FN4O9. The van der Waals surface area contributed by atoms with Crippen molar-refractivity contribution in [3.05, 3.63) is 91.5 Å². The molecule has 2 aromatic heterocycles. The highest BCUT2D eigenvalue weighted by Crippen LogP contribution is 2.48. The fourth-order valence-electron chi connectivity index (χ4n) is 9.89. The van der Waals surface area contributed by atoms with Crippen molar-refractivity contribution in [2.45, 2.75) is 142 Å². The summed E-state index contributed by atoms with van der Waals surface area (Å²) in [5.74, 6) is -3.46. The van der Waals surface area contributed by atoms with Gasteiger partial charge >= 0.3 is 5.97 Å². The molecule has 1 saturated carbocycles. The lowest BCUT2D eigenvalue weighted by molar-refractivity contribution is -0.256. The Balaban J connectivity index is 0.982. The molecule has 2 aliphatic carbocycles. The second-order valence-corrected chi connectivity index (χ2v) is 18.4. The van der Waals surface area contributed by atoms with Crippen LogP contribution in [0.5, 0.6) is 0 Å². The van der Waals surface area contributed by atoms with Crippen LogP contribution < -0.4 is 16.6 Å². The van der Waals surface area contributed by atoms with Crippen molar-refractivity contribution in [3.63, 3.8) is 0 Å². The number of hydrogen-bond acceptors (Lipinski definition) is 11. The van der Waals surface area contributed by atoms with Gasteiger partial charge in [-0.15, -0.1) is 0 Å². The lowest BCUT2D eigenvalue weighted by Crippen LogP contribution is -2.44. The maximum Gasteiger partial charge on any atom is 0.343 e. The summed E-state index contributed by atoms with van der Waals surface area (Å²) in [6, 6.07) is 9.76. The quantitative estimate of drug-likeness (QED) is 0.0732. The Morgan fingerprint density at radius 1 is 1.05 bits per heavy atom. The Morgan fingerprint density at radius 3 is 2.48 bits per heavy atom. The SMILES string of the molecule is CC[C@@]1(O)C(=O)OCc2c1cc1n(c2=O)Cc2c-1nc1cc(F)c(C)c3c1c2[C@@H](CC(=O)COC1(OCc2ccc(NC(=O)[C@H](C)CC(=O)[C@@H](N)C(C)C)cc2)CCCCC1)CC3. The van der Waals surface area contributed by atoms with E-state index < -0.39 is 34.9 Å². The molecule has 4 atom stereocenters. The highest BCUT2D eigenvalue weighted by Gasteiger charge is 2.46. The number of nitrogens with one attached hydrogen (secondary N) is 1. The van der Waals surface area contributed by atoms with E-state index in [1.54, 1.807) is 43.5 Å². The van der Waals surface area contributed by atoms with Gasteiger partial charge in [-0.2, -0.15) is 0 Å². The number of hydrogen-bond donors (Lipinski definition) is 3. The van der Waals surface area contributed by atoms with E-state index in [0.29, 0.717) is 53.8 Å². The molecule has 2 aliphatic heterocycles. The topological polar surface area (TPSA) is 189 Å². The number of rotatable bonds is 15. The third kappa shape index (κ3) is 8.27. The minimum Gasteiger partial charge on any atom is -0.458 e. The van der Waals surface area contributed by atoms with Gasteiger partial charge in [-0.3, -0.25) is 19.2 Å². The first kappa shape index (κ1) is 44.5. The van der Waals surface area contributed by atoms with Gasteiger partial charge in [0.2, 0.25) is 5.91 Å². The first-order chi connectivity index (χ1) is 30.0. The van der Waals surface area contributed by atoms with E-state index >= 15 is 4.39 Å². The van der Waals surface area contributed by atoms with E-state index in [-0.39, 0.29) is 91.9 Å². The van der Waals surface area contributed by atoms with Gasteiger partial charge in [-0.1, -0.05) is 46.2 Å². The number of pyridine rings is 2. The number of aliphatic hydroxyl groups is 1. The van der Waals surface area contributed by atoms with E-state index in [4.69, 9.17) is 24.9 Å². The average Bonchev–Trinajstić information content (AvgIpc) is 3.64. The molecule has 2 aromatic carbocycles. The van der Waals surface area contributed by atoms with Gasteiger partial charge in [0.15, 0.2) is 23.0 Å². The summed E-state index contributed by atoms with van der Waals surface area (Å²) in [5, 5.41) is 15.1. The number of benzene rings is 2. The predicted molar refractivity (Wildman–Crippen MR) is 233 cm³/mol. The van der Waals surface area contributed by atoms with Gasteiger partial charge in [-0.25, -0.2) is 14.2 Å². The molecule has 0 bridgehead atoms. The molecule has 4 aromatic rings. The molecular weight excluding hydrogens is 808 g/mol. The number of amides is 1. The van der Waals surface area contributed by atoms with Crippen molar-refractivity contribution in [1.29, 1.82) is 0 Å². The van der Waals surface area contributed by atoms with Crippen LogP contribution in [0, 0.1) is 24.6 Å². The predicted octanol–water partition coefficient (Wildman–Crippen LogP) is 6.93. The van der Waals surface area contributed by atoms with E-state index in [2.05, 4.69) is 5.32 Å². The molecule has 14 heteroatoms. The molecule has 334 valence electrons. The first-order valence-electron chi connectivity index (χ1n) is 22.3. The lowest BCUT2D eigenvalue weighted by Gasteiger charge is -2.37. The zero-order valence-electron chi connectivity index (χ0n) is 36.7. The third-order valence-corrected chi connectivity index (χ3v) is 13.9. The van der Waals surface area contributed by atoms with Crippen LogP contribution >= 0.6 is 0 Å². The van der Waals surface area contributed by atoms with Gasteiger partial charge in [0.25, 0.3) is 5.56 Å². The summed E-state index contributed by atoms with van der Waals surface area (Å²) >= 11 is 0. The number of fused-ring (bicyclic) bond motifs is 5. The fraction of sp³-hybridized carbons (Fsp3) is 0.510. The molecule has 1 amide bonds. The number of cyclic esters (lactones) is 1. The molecule has 0 spiro atoms.